The Morgan fingerprint density at radius 2 is 2.23 bits per heavy atom. The third kappa shape index (κ3) is 2.21. The van der Waals surface area contributed by atoms with Crippen molar-refractivity contribution in [2.75, 3.05) is 13.1 Å². The number of ketones is 1. The Kier molecular flexibility index (Phi) is 3.90. The monoisotopic (exact) mass is 321 g/mol. The maximum atomic E-state index is 12.8. The zero-order valence-corrected chi connectivity index (χ0v) is 13.6. The number of Topliss-reactive ketones (excluding diaryl/α,β-unsaturated/α-hetero) is 1. The minimum absolute atomic E-state index is 0.0394. The van der Waals surface area contributed by atoms with Crippen LogP contribution in [0.4, 0.5) is 0 Å². The molecule has 2 heterocycles. The van der Waals surface area contributed by atoms with Crippen LogP contribution in [0.15, 0.2) is 16.9 Å². The minimum atomic E-state index is -0.820. The van der Waals surface area contributed by atoms with Crippen molar-refractivity contribution in [2.24, 2.45) is 13.0 Å². The maximum Gasteiger partial charge on any atom is 0.307 e. The van der Waals surface area contributed by atoms with E-state index >= 15 is 0 Å². The highest BCUT2D eigenvalue weighted by molar-refractivity contribution is 7.16. The van der Waals surface area contributed by atoms with Gasteiger partial charge in [-0.25, -0.2) is 5.01 Å². The number of thiazole rings is 1. The smallest absolute Gasteiger partial charge is 0.307 e. The number of carbonyl (C=O) groups excluding carboxylic acids is 1. The topological polar surface area (TPSA) is 74.6 Å². The molecule has 1 saturated heterocycles. The number of hydrogen-bond donors (Lipinski definition) is 2. The van der Waals surface area contributed by atoms with Gasteiger partial charge in [0.1, 0.15) is 6.23 Å². The molecule has 3 rings (SSSR count). The second-order valence-electron chi connectivity index (χ2n) is 5.54. The molecule has 0 bridgehead atoms. The molecule has 1 aliphatic heterocycles. The van der Waals surface area contributed by atoms with E-state index in [9.17, 15) is 14.7 Å². The molecule has 1 aromatic carbocycles. The van der Waals surface area contributed by atoms with Gasteiger partial charge in [0.2, 0.25) is 0 Å². The SMILES string of the molecule is CCN1NCC(C(=O)c2ccc3sc(=O)n(C)c3c2C)C1O. The predicted molar refractivity (Wildman–Crippen MR) is 86.0 cm³/mol. The highest BCUT2D eigenvalue weighted by Gasteiger charge is 2.37. The highest BCUT2D eigenvalue weighted by atomic mass is 32.1. The molecule has 118 valence electrons. The van der Waals surface area contributed by atoms with Crippen molar-refractivity contribution in [3.63, 3.8) is 0 Å². The molecule has 2 aromatic rings. The van der Waals surface area contributed by atoms with E-state index in [4.69, 9.17) is 0 Å². The summed E-state index contributed by atoms with van der Waals surface area (Å²) in [6.45, 7) is 4.82. The first-order valence-corrected chi connectivity index (χ1v) is 8.09. The number of aliphatic hydroxyl groups excluding tert-OH is 1. The van der Waals surface area contributed by atoms with Crippen LogP contribution >= 0.6 is 11.3 Å². The lowest BCUT2D eigenvalue weighted by Crippen LogP contribution is -2.39. The molecule has 2 N–H and O–H groups in total. The van der Waals surface area contributed by atoms with Gasteiger partial charge in [0.15, 0.2) is 5.78 Å². The lowest BCUT2D eigenvalue weighted by atomic mass is 9.93. The average molecular weight is 321 g/mol. The lowest BCUT2D eigenvalue weighted by molar-refractivity contribution is -0.00442. The molecular weight excluding hydrogens is 302 g/mol. The summed E-state index contributed by atoms with van der Waals surface area (Å²) in [6.07, 6.45) is -0.820. The van der Waals surface area contributed by atoms with Crippen LogP contribution in [0, 0.1) is 12.8 Å². The van der Waals surface area contributed by atoms with E-state index in [1.54, 1.807) is 22.7 Å². The summed E-state index contributed by atoms with van der Waals surface area (Å²) >= 11 is 1.18. The van der Waals surface area contributed by atoms with Crippen molar-refractivity contribution in [1.29, 1.82) is 0 Å². The number of nitrogens with zero attached hydrogens (tertiary/aromatic N) is 2. The summed E-state index contributed by atoms with van der Waals surface area (Å²) in [5, 5.41) is 11.9. The summed E-state index contributed by atoms with van der Waals surface area (Å²) in [5.74, 6) is -0.583. The van der Waals surface area contributed by atoms with Gasteiger partial charge in [-0.3, -0.25) is 15.0 Å². The predicted octanol–water partition coefficient (Wildman–Crippen LogP) is 0.866. The van der Waals surface area contributed by atoms with Gasteiger partial charge in [-0.2, -0.15) is 0 Å². The van der Waals surface area contributed by atoms with Crippen molar-refractivity contribution in [3.8, 4) is 0 Å². The molecule has 22 heavy (non-hydrogen) atoms. The first kappa shape index (κ1) is 15.4. The van der Waals surface area contributed by atoms with E-state index in [1.807, 2.05) is 19.9 Å². The van der Waals surface area contributed by atoms with Crippen LogP contribution in [0.3, 0.4) is 0 Å². The van der Waals surface area contributed by atoms with Gasteiger partial charge in [0.25, 0.3) is 0 Å². The quantitative estimate of drug-likeness (QED) is 0.821. The Morgan fingerprint density at radius 3 is 2.86 bits per heavy atom. The normalized spacial score (nSPS) is 22.5. The van der Waals surface area contributed by atoms with Crippen LogP contribution < -0.4 is 10.3 Å². The van der Waals surface area contributed by atoms with Crippen LogP contribution in [-0.4, -0.2) is 39.8 Å². The van der Waals surface area contributed by atoms with E-state index in [2.05, 4.69) is 5.43 Å². The molecule has 6 nitrogen and oxygen atoms in total. The van der Waals surface area contributed by atoms with E-state index in [0.29, 0.717) is 18.7 Å². The summed E-state index contributed by atoms with van der Waals surface area (Å²) < 4.78 is 2.45. The summed E-state index contributed by atoms with van der Waals surface area (Å²) in [5.41, 5.74) is 5.21. The summed E-state index contributed by atoms with van der Waals surface area (Å²) in [6, 6.07) is 3.57. The van der Waals surface area contributed by atoms with E-state index < -0.39 is 12.1 Å². The molecule has 2 atom stereocenters. The molecule has 1 aliphatic rings. The van der Waals surface area contributed by atoms with Crippen molar-refractivity contribution in [3.05, 3.63) is 32.9 Å². The fraction of sp³-hybridized carbons (Fsp3) is 0.467. The van der Waals surface area contributed by atoms with Crippen molar-refractivity contribution < 1.29 is 9.90 Å². The number of aromatic nitrogens is 1. The molecule has 0 saturated carbocycles. The average Bonchev–Trinajstić information content (AvgIpc) is 3.00. The number of nitrogens with one attached hydrogen (secondary N) is 1. The van der Waals surface area contributed by atoms with Gasteiger partial charge in [0.05, 0.1) is 16.1 Å². The van der Waals surface area contributed by atoms with Gasteiger partial charge < -0.3 is 9.67 Å². The Bertz CT molecular complexity index is 795. The van der Waals surface area contributed by atoms with Gasteiger partial charge in [0, 0.05) is 25.7 Å². The third-order valence-electron chi connectivity index (χ3n) is 4.34. The standard InChI is InChI=1S/C15H19N3O3S/c1-4-18-14(20)10(7-16-18)13(19)9-5-6-11-12(8(9)2)17(3)15(21)22-11/h5-6,10,14,16,20H,4,7H2,1-3H3. The molecule has 1 aromatic heterocycles. The van der Waals surface area contributed by atoms with Gasteiger partial charge in [-0.1, -0.05) is 18.3 Å². The number of carbonyl (C=O) groups is 1. The molecule has 0 radical (unpaired) electrons. The number of hydrazine groups is 1. The number of aryl methyl sites for hydroxylation is 2. The number of benzene rings is 1. The van der Waals surface area contributed by atoms with E-state index in [1.165, 1.54) is 11.3 Å². The lowest BCUT2D eigenvalue weighted by Gasteiger charge is -2.20. The second kappa shape index (κ2) is 5.58. The fourth-order valence-corrected chi connectivity index (χ4v) is 3.99. The Hall–Kier alpha value is -1.54. The van der Waals surface area contributed by atoms with E-state index in [0.717, 1.165) is 15.8 Å². The fourth-order valence-electron chi connectivity index (χ4n) is 3.05. The van der Waals surface area contributed by atoms with Crippen molar-refractivity contribution in [1.82, 2.24) is 15.0 Å². The summed E-state index contributed by atoms with van der Waals surface area (Å²) in [4.78, 5) is 24.6. The Morgan fingerprint density at radius 1 is 1.50 bits per heavy atom. The molecule has 2 unspecified atom stereocenters. The Labute approximate surface area is 131 Å². The van der Waals surface area contributed by atoms with Gasteiger partial charge >= 0.3 is 4.87 Å². The number of aliphatic hydroxyl groups is 1. The molecule has 0 aliphatic carbocycles. The number of hydrogen-bond acceptors (Lipinski definition) is 6. The molecule has 1 fully saturated rings. The zero-order chi connectivity index (χ0) is 16.0. The van der Waals surface area contributed by atoms with Gasteiger partial charge in [-0.15, -0.1) is 0 Å². The third-order valence-corrected chi connectivity index (χ3v) is 5.33. The largest absolute Gasteiger partial charge is 0.376 e. The molecule has 0 amide bonds. The highest BCUT2D eigenvalue weighted by Crippen LogP contribution is 2.27. The maximum absolute atomic E-state index is 12.8. The van der Waals surface area contributed by atoms with Crippen LogP contribution in [0.1, 0.15) is 22.8 Å². The van der Waals surface area contributed by atoms with Crippen molar-refractivity contribution in [2.45, 2.75) is 20.1 Å². The molecule has 0 spiro atoms. The minimum Gasteiger partial charge on any atom is -0.376 e. The summed E-state index contributed by atoms with van der Waals surface area (Å²) in [7, 11) is 1.72. The van der Waals surface area contributed by atoms with Crippen LogP contribution in [0.5, 0.6) is 0 Å². The van der Waals surface area contributed by atoms with Crippen LogP contribution in [-0.2, 0) is 7.05 Å². The number of rotatable bonds is 3. The van der Waals surface area contributed by atoms with Crippen molar-refractivity contribution >= 4 is 27.3 Å². The van der Waals surface area contributed by atoms with E-state index in [-0.39, 0.29) is 10.7 Å². The first-order chi connectivity index (χ1) is 10.5. The zero-order valence-electron chi connectivity index (χ0n) is 12.8. The number of fused-ring (bicyclic) bond motifs is 1. The first-order valence-electron chi connectivity index (χ1n) is 7.27. The van der Waals surface area contributed by atoms with Gasteiger partial charge in [-0.05, 0) is 24.6 Å². The van der Waals surface area contributed by atoms with Crippen LogP contribution in [0.25, 0.3) is 10.2 Å². The second-order valence-corrected chi connectivity index (χ2v) is 6.54. The Balaban J connectivity index is 2.03. The molecular formula is C15H19N3O3S. The van der Waals surface area contributed by atoms with Crippen LogP contribution in [0.2, 0.25) is 0 Å². The molecule has 7 heteroatoms.